The number of ether oxygens (including phenoxy) is 1. The average molecular weight is 510 g/mol. The number of carbonyl (C=O) groups is 1. The molecule has 36 heavy (non-hydrogen) atoms. The van der Waals surface area contributed by atoms with Crippen LogP contribution in [0.5, 0.6) is 5.75 Å². The lowest BCUT2D eigenvalue weighted by molar-refractivity contribution is 0.102. The molecular formula is C26H25ClFN5O3. The van der Waals surface area contributed by atoms with Crippen molar-refractivity contribution < 1.29 is 13.9 Å². The minimum Gasteiger partial charge on any atom is -0.497 e. The number of benzene rings is 2. The van der Waals surface area contributed by atoms with Gasteiger partial charge in [0, 0.05) is 44.0 Å². The standard InChI is InChI=1S/C26H25ClFN5O3/c1-3-32-23-10-11-31(14-16-4-7-18(36-2)8-5-16)15-20(23)26(35)33-25(32)19(13-29-33)24(34)30-17-6-9-22(28)21(27)12-17/h4-9,12-13H,3,10-11,14-15H2,1-2H3,(H,30,34). The minimum atomic E-state index is -0.571. The molecule has 10 heteroatoms. The van der Waals surface area contributed by atoms with E-state index in [1.807, 2.05) is 35.8 Å². The molecule has 186 valence electrons. The fraction of sp³-hybridized carbons (Fsp3) is 0.269. The van der Waals surface area contributed by atoms with Crippen molar-refractivity contribution in [3.05, 3.63) is 92.2 Å². The number of aryl methyl sites for hydroxylation is 1. The molecule has 2 aromatic heterocycles. The van der Waals surface area contributed by atoms with E-state index >= 15 is 0 Å². The molecule has 8 nitrogen and oxygen atoms in total. The van der Waals surface area contributed by atoms with Crippen LogP contribution in [-0.2, 0) is 26.1 Å². The van der Waals surface area contributed by atoms with E-state index < -0.39 is 11.7 Å². The van der Waals surface area contributed by atoms with Gasteiger partial charge in [-0.1, -0.05) is 23.7 Å². The number of nitrogens with one attached hydrogen (secondary N) is 1. The van der Waals surface area contributed by atoms with Crippen LogP contribution in [0.1, 0.15) is 34.1 Å². The number of anilines is 1. The number of fused-ring (bicyclic) bond motifs is 2. The molecule has 5 rings (SSSR count). The van der Waals surface area contributed by atoms with Crippen molar-refractivity contribution in [2.24, 2.45) is 0 Å². The predicted octanol–water partition coefficient (Wildman–Crippen LogP) is 4.13. The molecule has 0 aliphatic carbocycles. The highest BCUT2D eigenvalue weighted by Gasteiger charge is 2.27. The summed E-state index contributed by atoms with van der Waals surface area (Å²) in [6.07, 6.45) is 2.06. The van der Waals surface area contributed by atoms with Crippen molar-refractivity contribution in [3.63, 3.8) is 0 Å². The maximum Gasteiger partial charge on any atom is 0.279 e. The number of hydrogen-bond acceptors (Lipinski definition) is 5. The third kappa shape index (κ3) is 4.36. The number of aromatic nitrogens is 3. The van der Waals surface area contributed by atoms with E-state index in [0.29, 0.717) is 43.0 Å². The van der Waals surface area contributed by atoms with Crippen LogP contribution in [0, 0.1) is 5.82 Å². The molecule has 4 aromatic rings. The molecule has 0 saturated heterocycles. The van der Waals surface area contributed by atoms with Gasteiger partial charge in [-0.25, -0.2) is 4.39 Å². The summed E-state index contributed by atoms with van der Waals surface area (Å²) in [6, 6.07) is 11.9. The van der Waals surface area contributed by atoms with Crippen LogP contribution in [0.4, 0.5) is 10.1 Å². The van der Waals surface area contributed by atoms with Gasteiger partial charge in [0.25, 0.3) is 11.5 Å². The van der Waals surface area contributed by atoms with E-state index in [9.17, 15) is 14.0 Å². The Hall–Kier alpha value is -3.69. The zero-order chi connectivity index (χ0) is 25.4. The molecule has 1 amide bonds. The number of hydrogen-bond donors (Lipinski definition) is 1. The Morgan fingerprint density at radius 3 is 2.69 bits per heavy atom. The van der Waals surface area contributed by atoms with Crippen LogP contribution in [0.15, 0.2) is 53.5 Å². The van der Waals surface area contributed by atoms with Crippen LogP contribution < -0.4 is 15.6 Å². The van der Waals surface area contributed by atoms with Crippen LogP contribution in [0.25, 0.3) is 5.65 Å². The SMILES string of the molecule is CCn1c2c(c(=O)n3ncc(C(=O)Nc4ccc(F)c(Cl)c4)c13)CN(Cc1ccc(OC)cc1)CC2. The van der Waals surface area contributed by atoms with Gasteiger partial charge in [-0.05, 0) is 42.8 Å². The second-order valence-electron chi connectivity index (χ2n) is 8.66. The van der Waals surface area contributed by atoms with E-state index in [2.05, 4.69) is 15.3 Å². The Bertz CT molecular complexity index is 1510. The second kappa shape index (κ2) is 9.75. The first-order valence-electron chi connectivity index (χ1n) is 11.6. The molecule has 0 spiro atoms. The minimum absolute atomic E-state index is 0.0913. The lowest BCUT2D eigenvalue weighted by Crippen LogP contribution is -2.38. The summed E-state index contributed by atoms with van der Waals surface area (Å²) in [6.45, 7) is 4.52. The molecule has 0 radical (unpaired) electrons. The van der Waals surface area contributed by atoms with Crippen molar-refractivity contribution in [2.45, 2.75) is 33.0 Å². The smallest absolute Gasteiger partial charge is 0.279 e. The highest BCUT2D eigenvalue weighted by molar-refractivity contribution is 6.31. The lowest BCUT2D eigenvalue weighted by Gasteiger charge is -2.30. The van der Waals surface area contributed by atoms with Gasteiger partial charge in [0.05, 0.1) is 23.9 Å². The van der Waals surface area contributed by atoms with Gasteiger partial charge in [0.2, 0.25) is 0 Å². The normalized spacial score (nSPS) is 13.6. The topological polar surface area (TPSA) is 80.9 Å². The molecule has 0 fully saturated rings. The highest BCUT2D eigenvalue weighted by atomic mass is 35.5. The Balaban J connectivity index is 1.46. The van der Waals surface area contributed by atoms with Crippen LogP contribution >= 0.6 is 11.6 Å². The summed E-state index contributed by atoms with van der Waals surface area (Å²) in [5.41, 5.74) is 3.56. The number of methoxy groups -OCH3 is 1. The zero-order valence-corrected chi connectivity index (χ0v) is 20.7. The van der Waals surface area contributed by atoms with E-state index in [1.165, 1.54) is 28.9 Å². The summed E-state index contributed by atoms with van der Waals surface area (Å²) in [4.78, 5) is 28.8. The van der Waals surface area contributed by atoms with E-state index in [-0.39, 0.29) is 16.1 Å². The Kier molecular flexibility index (Phi) is 6.51. The average Bonchev–Trinajstić information content (AvgIpc) is 3.33. The first-order chi connectivity index (χ1) is 17.4. The fourth-order valence-electron chi connectivity index (χ4n) is 4.70. The largest absolute Gasteiger partial charge is 0.497 e. The Morgan fingerprint density at radius 2 is 2.00 bits per heavy atom. The third-order valence-electron chi connectivity index (χ3n) is 6.47. The molecule has 0 unspecified atom stereocenters. The summed E-state index contributed by atoms with van der Waals surface area (Å²) < 4.78 is 22.0. The first-order valence-corrected chi connectivity index (χ1v) is 12.0. The zero-order valence-electron chi connectivity index (χ0n) is 19.9. The first kappa shape index (κ1) is 24.0. The van der Waals surface area contributed by atoms with Crippen molar-refractivity contribution in [3.8, 4) is 5.75 Å². The summed E-state index contributed by atoms with van der Waals surface area (Å²) >= 11 is 5.84. The van der Waals surface area contributed by atoms with E-state index in [1.54, 1.807) is 7.11 Å². The lowest BCUT2D eigenvalue weighted by atomic mass is 10.0. The molecule has 3 heterocycles. The molecule has 2 aromatic carbocycles. The number of carbonyl (C=O) groups excluding carboxylic acids is 1. The van der Waals surface area contributed by atoms with E-state index in [4.69, 9.17) is 16.3 Å². The van der Waals surface area contributed by atoms with Gasteiger partial charge in [-0.15, -0.1) is 0 Å². The van der Waals surface area contributed by atoms with Gasteiger partial charge in [-0.2, -0.15) is 9.61 Å². The monoisotopic (exact) mass is 509 g/mol. The van der Waals surface area contributed by atoms with Crippen molar-refractivity contribution in [1.82, 2.24) is 19.1 Å². The third-order valence-corrected chi connectivity index (χ3v) is 6.76. The molecule has 1 aliphatic heterocycles. The van der Waals surface area contributed by atoms with Crippen molar-refractivity contribution in [2.75, 3.05) is 19.0 Å². The Labute approximate surface area is 211 Å². The van der Waals surface area contributed by atoms with Gasteiger partial charge in [0.15, 0.2) is 5.65 Å². The van der Waals surface area contributed by atoms with Crippen LogP contribution in [-0.4, -0.2) is 38.6 Å². The maximum atomic E-state index is 13.5. The van der Waals surface area contributed by atoms with Crippen molar-refractivity contribution in [1.29, 1.82) is 0 Å². The molecule has 0 saturated carbocycles. The fourth-order valence-corrected chi connectivity index (χ4v) is 4.88. The van der Waals surface area contributed by atoms with E-state index in [0.717, 1.165) is 23.6 Å². The van der Waals surface area contributed by atoms with Gasteiger partial charge >= 0.3 is 0 Å². The number of nitrogens with zero attached hydrogens (tertiary/aromatic N) is 4. The second-order valence-corrected chi connectivity index (χ2v) is 9.07. The van der Waals surface area contributed by atoms with Crippen molar-refractivity contribution >= 4 is 28.8 Å². The van der Waals surface area contributed by atoms with Gasteiger partial charge in [0.1, 0.15) is 17.1 Å². The molecule has 1 N–H and O–H groups in total. The summed E-state index contributed by atoms with van der Waals surface area (Å²) in [5.74, 6) is -0.221. The summed E-state index contributed by atoms with van der Waals surface area (Å²) in [7, 11) is 1.64. The van der Waals surface area contributed by atoms with Gasteiger partial charge < -0.3 is 14.6 Å². The molecule has 0 atom stereocenters. The predicted molar refractivity (Wildman–Crippen MR) is 135 cm³/mol. The number of amides is 1. The maximum absolute atomic E-state index is 13.5. The molecular weight excluding hydrogens is 485 g/mol. The highest BCUT2D eigenvalue weighted by Crippen LogP contribution is 2.24. The Morgan fingerprint density at radius 1 is 1.22 bits per heavy atom. The van der Waals surface area contributed by atoms with Gasteiger partial charge in [-0.3, -0.25) is 14.5 Å². The van der Waals surface area contributed by atoms with Crippen LogP contribution in [0.2, 0.25) is 5.02 Å². The molecule has 1 aliphatic rings. The summed E-state index contributed by atoms with van der Waals surface area (Å²) in [5, 5.41) is 6.89. The number of halogens is 2. The molecule has 0 bridgehead atoms. The number of rotatable bonds is 6. The van der Waals surface area contributed by atoms with Crippen LogP contribution in [0.3, 0.4) is 0 Å². The quantitative estimate of drug-likeness (QED) is 0.423.